The number of amides is 1. The average Bonchev–Trinajstić information content (AvgIpc) is 2.49. The van der Waals surface area contributed by atoms with Gasteiger partial charge < -0.3 is 5.73 Å². The third-order valence-electron chi connectivity index (χ3n) is 2.27. The molecular weight excluding hydrogens is 241 g/mol. The van der Waals surface area contributed by atoms with Gasteiger partial charge in [0.1, 0.15) is 6.04 Å². The van der Waals surface area contributed by atoms with E-state index in [-0.39, 0.29) is 30.4 Å². The Morgan fingerprint density at radius 3 is 2.73 bits per heavy atom. The van der Waals surface area contributed by atoms with Gasteiger partial charge in [0.25, 0.3) is 5.56 Å². The van der Waals surface area contributed by atoms with E-state index in [2.05, 4.69) is 4.98 Å². The molecule has 0 aliphatic carbocycles. The molecule has 2 heterocycles. The molecule has 1 unspecified atom stereocenters. The van der Waals surface area contributed by atoms with Gasteiger partial charge in [-0.05, 0) is 12.8 Å². The van der Waals surface area contributed by atoms with Gasteiger partial charge in [0.2, 0.25) is 5.91 Å². The predicted octanol–water partition coefficient (Wildman–Crippen LogP) is 0.0595. The SMILES string of the molecule is Cl.Cl.NC(=O)C1CCc2cncc(=O)n21. The Kier molecular flexibility index (Phi) is 4.77. The minimum Gasteiger partial charge on any atom is -0.368 e. The lowest BCUT2D eigenvalue weighted by atomic mass is 10.2. The summed E-state index contributed by atoms with van der Waals surface area (Å²) >= 11 is 0. The van der Waals surface area contributed by atoms with E-state index < -0.39 is 11.9 Å². The number of primary amides is 1. The van der Waals surface area contributed by atoms with Gasteiger partial charge in [0.15, 0.2) is 0 Å². The molecule has 15 heavy (non-hydrogen) atoms. The van der Waals surface area contributed by atoms with E-state index >= 15 is 0 Å². The average molecular weight is 252 g/mol. The number of aromatic nitrogens is 2. The Bertz CT molecular complexity index is 419. The van der Waals surface area contributed by atoms with Gasteiger partial charge in [0, 0.05) is 11.9 Å². The molecule has 0 saturated heterocycles. The van der Waals surface area contributed by atoms with Crippen LogP contribution in [0.2, 0.25) is 0 Å². The molecule has 5 nitrogen and oxygen atoms in total. The van der Waals surface area contributed by atoms with Gasteiger partial charge >= 0.3 is 0 Å². The fourth-order valence-corrected chi connectivity index (χ4v) is 1.67. The Morgan fingerprint density at radius 2 is 2.13 bits per heavy atom. The Hall–Kier alpha value is -1.07. The first-order valence-corrected chi connectivity index (χ1v) is 4.05. The molecule has 1 amide bonds. The zero-order valence-electron chi connectivity index (χ0n) is 7.75. The minimum atomic E-state index is -0.481. The molecule has 2 N–H and O–H groups in total. The highest BCUT2D eigenvalue weighted by molar-refractivity contribution is 5.85. The van der Waals surface area contributed by atoms with Crippen LogP contribution in [0.5, 0.6) is 0 Å². The summed E-state index contributed by atoms with van der Waals surface area (Å²) in [5, 5.41) is 0. The number of carbonyl (C=O) groups is 1. The van der Waals surface area contributed by atoms with Crippen LogP contribution in [-0.2, 0) is 11.2 Å². The summed E-state index contributed by atoms with van der Waals surface area (Å²) in [5.41, 5.74) is 5.70. The van der Waals surface area contributed by atoms with Gasteiger partial charge in [-0.2, -0.15) is 0 Å². The summed E-state index contributed by atoms with van der Waals surface area (Å²) in [6.07, 6.45) is 4.10. The Balaban J connectivity index is 0.000000980. The maximum Gasteiger partial charge on any atom is 0.269 e. The first-order valence-electron chi connectivity index (χ1n) is 4.05. The zero-order chi connectivity index (χ0) is 9.42. The van der Waals surface area contributed by atoms with Gasteiger partial charge in [-0.25, -0.2) is 0 Å². The lowest BCUT2D eigenvalue weighted by molar-refractivity contribution is -0.121. The second kappa shape index (κ2) is 5.14. The van der Waals surface area contributed by atoms with E-state index in [1.165, 1.54) is 10.8 Å². The molecule has 1 aromatic heterocycles. The van der Waals surface area contributed by atoms with Crippen molar-refractivity contribution in [2.75, 3.05) is 0 Å². The molecule has 0 fully saturated rings. The van der Waals surface area contributed by atoms with Crippen molar-refractivity contribution in [1.29, 1.82) is 0 Å². The molecule has 0 radical (unpaired) electrons. The highest BCUT2D eigenvalue weighted by atomic mass is 35.5. The van der Waals surface area contributed by atoms with Crippen molar-refractivity contribution >= 4 is 30.7 Å². The molecule has 2 rings (SSSR count). The van der Waals surface area contributed by atoms with E-state index in [9.17, 15) is 9.59 Å². The summed E-state index contributed by atoms with van der Waals surface area (Å²) in [5.74, 6) is -0.452. The number of rotatable bonds is 1. The molecule has 1 atom stereocenters. The van der Waals surface area contributed by atoms with Crippen LogP contribution >= 0.6 is 24.8 Å². The number of fused-ring (bicyclic) bond motifs is 1. The number of hydrogen-bond donors (Lipinski definition) is 1. The van der Waals surface area contributed by atoms with Crippen molar-refractivity contribution < 1.29 is 4.79 Å². The van der Waals surface area contributed by atoms with E-state index in [1.807, 2.05) is 0 Å². The van der Waals surface area contributed by atoms with Crippen LogP contribution < -0.4 is 11.3 Å². The molecule has 0 aromatic carbocycles. The van der Waals surface area contributed by atoms with Gasteiger partial charge in [-0.1, -0.05) is 0 Å². The molecule has 1 aliphatic rings. The number of nitrogens with two attached hydrogens (primary N) is 1. The third-order valence-corrected chi connectivity index (χ3v) is 2.27. The van der Waals surface area contributed by atoms with Crippen molar-refractivity contribution in [2.24, 2.45) is 5.73 Å². The second-order valence-corrected chi connectivity index (χ2v) is 3.06. The smallest absolute Gasteiger partial charge is 0.269 e. The van der Waals surface area contributed by atoms with Crippen molar-refractivity contribution in [1.82, 2.24) is 9.55 Å². The number of carbonyl (C=O) groups excluding carboxylic acids is 1. The molecule has 7 heteroatoms. The summed E-state index contributed by atoms with van der Waals surface area (Å²) in [6.45, 7) is 0. The normalized spacial score (nSPS) is 17.2. The van der Waals surface area contributed by atoms with Crippen LogP contribution in [0.4, 0.5) is 0 Å². The maximum absolute atomic E-state index is 11.3. The fourth-order valence-electron chi connectivity index (χ4n) is 1.67. The van der Waals surface area contributed by atoms with Gasteiger partial charge in [-0.3, -0.25) is 19.1 Å². The summed E-state index contributed by atoms with van der Waals surface area (Å²) < 4.78 is 1.43. The molecule has 0 bridgehead atoms. The van der Waals surface area contributed by atoms with Crippen molar-refractivity contribution in [2.45, 2.75) is 18.9 Å². The molecule has 1 aromatic rings. The summed E-state index contributed by atoms with van der Waals surface area (Å²) in [4.78, 5) is 26.0. The monoisotopic (exact) mass is 251 g/mol. The predicted molar refractivity (Wildman–Crippen MR) is 59.5 cm³/mol. The third kappa shape index (κ3) is 2.30. The molecule has 1 aliphatic heterocycles. The van der Waals surface area contributed by atoms with E-state index in [4.69, 9.17) is 5.73 Å². The number of hydrogen-bond acceptors (Lipinski definition) is 3. The zero-order valence-corrected chi connectivity index (χ0v) is 9.38. The Labute approximate surface area is 98.5 Å². The van der Waals surface area contributed by atoms with E-state index in [0.717, 1.165) is 5.69 Å². The second-order valence-electron chi connectivity index (χ2n) is 3.06. The van der Waals surface area contributed by atoms with Crippen LogP contribution in [0.1, 0.15) is 18.2 Å². The first-order chi connectivity index (χ1) is 6.20. The standard InChI is InChI=1S/C8H9N3O2.2ClH/c9-8(13)6-2-1-5-3-10-4-7(12)11(5)6;;/h3-4,6H,1-2H2,(H2,9,13);2*1H. The van der Waals surface area contributed by atoms with E-state index in [0.29, 0.717) is 12.8 Å². The largest absolute Gasteiger partial charge is 0.368 e. The number of aryl methyl sites for hydroxylation is 1. The van der Waals surface area contributed by atoms with Crippen LogP contribution in [0.15, 0.2) is 17.2 Å². The molecule has 0 saturated carbocycles. The van der Waals surface area contributed by atoms with Crippen molar-refractivity contribution in [3.63, 3.8) is 0 Å². The van der Waals surface area contributed by atoms with E-state index in [1.54, 1.807) is 6.20 Å². The van der Waals surface area contributed by atoms with Gasteiger partial charge in [0.05, 0.1) is 6.20 Å². The lowest BCUT2D eigenvalue weighted by Gasteiger charge is -2.08. The minimum absolute atomic E-state index is 0. The first kappa shape index (κ1) is 13.9. The van der Waals surface area contributed by atoms with Crippen LogP contribution in [-0.4, -0.2) is 15.5 Å². The quantitative estimate of drug-likeness (QED) is 0.767. The Morgan fingerprint density at radius 1 is 1.47 bits per heavy atom. The topological polar surface area (TPSA) is 78.0 Å². The van der Waals surface area contributed by atoms with Crippen LogP contribution in [0.3, 0.4) is 0 Å². The van der Waals surface area contributed by atoms with Crippen LogP contribution in [0, 0.1) is 0 Å². The molecule has 0 spiro atoms. The summed E-state index contributed by atoms with van der Waals surface area (Å²) in [6, 6.07) is -0.481. The highest BCUT2D eigenvalue weighted by Crippen LogP contribution is 2.21. The fraction of sp³-hybridized carbons (Fsp3) is 0.375. The summed E-state index contributed by atoms with van der Waals surface area (Å²) in [7, 11) is 0. The van der Waals surface area contributed by atoms with Crippen LogP contribution in [0.25, 0.3) is 0 Å². The maximum atomic E-state index is 11.3. The van der Waals surface area contributed by atoms with Crippen molar-refractivity contribution in [3.05, 3.63) is 28.4 Å². The number of nitrogens with zero attached hydrogens (tertiary/aromatic N) is 2. The number of halogens is 2. The lowest BCUT2D eigenvalue weighted by Crippen LogP contribution is -2.31. The highest BCUT2D eigenvalue weighted by Gasteiger charge is 2.26. The van der Waals surface area contributed by atoms with Gasteiger partial charge in [-0.15, -0.1) is 24.8 Å². The molecular formula is C8H11Cl2N3O2. The molecule has 84 valence electrons. The van der Waals surface area contributed by atoms with Crippen molar-refractivity contribution in [3.8, 4) is 0 Å².